The Hall–Kier alpha value is -0.610. The van der Waals surface area contributed by atoms with E-state index in [1.807, 2.05) is 0 Å². The zero-order valence-corrected chi connectivity index (χ0v) is 12.2. The maximum absolute atomic E-state index is 12.0. The standard InChI is InChI=1S/C15H29N3O/c1-2-12-3-5-14(6-4-12)17-15(19)11-18-9-7-13(16)8-10-18/h12-14H,2-11,16H2,1H3,(H,17,19). The number of amides is 1. The van der Waals surface area contributed by atoms with Gasteiger partial charge in [-0.1, -0.05) is 13.3 Å². The number of nitrogens with two attached hydrogens (primary N) is 1. The summed E-state index contributed by atoms with van der Waals surface area (Å²) in [5, 5.41) is 3.21. The van der Waals surface area contributed by atoms with Crippen LogP contribution in [-0.2, 0) is 4.79 Å². The third-order valence-corrected chi connectivity index (χ3v) is 4.79. The maximum atomic E-state index is 12.0. The topological polar surface area (TPSA) is 58.4 Å². The predicted molar refractivity (Wildman–Crippen MR) is 77.8 cm³/mol. The van der Waals surface area contributed by atoms with Crippen molar-refractivity contribution in [2.45, 2.75) is 64.0 Å². The molecule has 1 aliphatic carbocycles. The van der Waals surface area contributed by atoms with E-state index in [-0.39, 0.29) is 5.91 Å². The smallest absolute Gasteiger partial charge is 0.234 e. The molecule has 0 bridgehead atoms. The molecule has 1 aliphatic heterocycles. The molecular weight excluding hydrogens is 238 g/mol. The normalized spacial score (nSPS) is 30.2. The van der Waals surface area contributed by atoms with Crippen LogP contribution in [0.25, 0.3) is 0 Å². The highest BCUT2D eigenvalue weighted by atomic mass is 16.2. The first-order chi connectivity index (χ1) is 9.17. The Morgan fingerprint density at radius 3 is 2.37 bits per heavy atom. The number of nitrogens with one attached hydrogen (secondary N) is 1. The van der Waals surface area contributed by atoms with E-state index in [0.717, 1.165) is 44.7 Å². The molecule has 2 rings (SSSR count). The maximum Gasteiger partial charge on any atom is 0.234 e. The second-order valence-corrected chi connectivity index (χ2v) is 6.31. The summed E-state index contributed by atoms with van der Waals surface area (Å²) in [7, 11) is 0. The number of hydrogen-bond donors (Lipinski definition) is 2. The third-order valence-electron chi connectivity index (χ3n) is 4.79. The molecule has 1 saturated carbocycles. The fraction of sp³-hybridized carbons (Fsp3) is 0.933. The minimum absolute atomic E-state index is 0.204. The van der Waals surface area contributed by atoms with E-state index in [0.29, 0.717) is 18.6 Å². The molecule has 4 heteroatoms. The van der Waals surface area contributed by atoms with Crippen LogP contribution in [0.4, 0.5) is 0 Å². The van der Waals surface area contributed by atoms with Crippen LogP contribution in [0.15, 0.2) is 0 Å². The highest BCUT2D eigenvalue weighted by Gasteiger charge is 2.23. The second-order valence-electron chi connectivity index (χ2n) is 6.31. The van der Waals surface area contributed by atoms with Gasteiger partial charge in [-0.3, -0.25) is 9.69 Å². The van der Waals surface area contributed by atoms with Gasteiger partial charge in [-0.05, 0) is 44.4 Å². The van der Waals surface area contributed by atoms with Crippen LogP contribution in [-0.4, -0.2) is 42.5 Å². The highest BCUT2D eigenvalue weighted by Crippen LogP contribution is 2.26. The van der Waals surface area contributed by atoms with Crippen molar-refractivity contribution < 1.29 is 4.79 Å². The first kappa shape index (κ1) is 14.8. The lowest BCUT2D eigenvalue weighted by Crippen LogP contribution is -2.47. The van der Waals surface area contributed by atoms with Crippen molar-refractivity contribution in [3.05, 3.63) is 0 Å². The molecule has 1 heterocycles. The summed E-state index contributed by atoms with van der Waals surface area (Å²) in [5.41, 5.74) is 5.88. The Labute approximate surface area is 117 Å². The van der Waals surface area contributed by atoms with E-state index >= 15 is 0 Å². The van der Waals surface area contributed by atoms with E-state index in [1.54, 1.807) is 0 Å². The van der Waals surface area contributed by atoms with Crippen molar-refractivity contribution in [2.75, 3.05) is 19.6 Å². The summed E-state index contributed by atoms with van der Waals surface area (Å²) < 4.78 is 0. The van der Waals surface area contributed by atoms with Crippen molar-refractivity contribution in [1.82, 2.24) is 10.2 Å². The molecule has 0 unspecified atom stereocenters. The minimum Gasteiger partial charge on any atom is -0.352 e. The molecule has 0 spiro atoms. The van der Waals surface area contributed by atoms with E-state index in [2.05, 4.69) is 17.1 Å². The van der Waals surface area contributed by atoms with Gasteiger partial charge in [0.15, 0.2) is 0 Å². The SMILES string of the molecule is CCC1CCC(NC(=O)CN2CCC(N)CC2)CC1. The molecule has 0 aromatic rings. The quantitative estimate of drug-likeness (QED) is 0.811. The van der Waals surface area contributed by atoms with Crippen LogP contribution in [0.3, 0.4) is 0 Å². The average molecular weight is 267 g/mol. The van der Waals surface area contributed by atoms with Crippen LogP contribution in [0.5, 0.6) is 0 Å². The Morgan fingerprint density at radius 1 is 1.16 bits per heavy atom. The number of hydrogen-bond acceptors (Lipinski definition) is 3. The largest absolute Gasteiger partial charge is 0.352 e. The van der Waals surface area contributed by atoms with Gasteiger partial charge in [-0.25, -0.2) is 0 Å². The van der Waals surface area contributed by atoms with Gasteiger partial charge in [-0.15, -0.1) is 0 Å². The van der Waals surface area contributed by atoms with Crippen LogP contribution in [0.1, 0.15) is 51.9 Å². The van der Waals surface area contributed by atoms with Gasteiger partial charge in [0.2, 0.25) is 5.91 Å². The predicted octanol–water partition coefficient (Wildman–Crippen LogP) is 1.49. The molecule has 0 atom stereocenters. The summed E-state index contributed by atoms with van der Waals surface area (Å²) >= 11 is 0. The Kier molecular flexibility index (Phi) is 5.64. The fourth-order valence-electron chi connectivity index (χ4n) is 3.30. The van der Waals surface area contributed by atoms with Gasteiger partial charge >= 0.3 is 0 Å². The van der Waals surface area contributed by atoms with Crippen molar-refractivity contribution in [3.8, 4) is 0 Å². The number of rotatable bonds is 4. The molecule has 4 nitrogen and oxygen atoms in total. The van der Waals surface area contributed by atoms with Gasteiger partial charge in [-0.2, -0.15) is 0 Å². The molecular formula is C15H29N3O. The zero-order valence-electron chi connectivity index (χ0n) is 12.2. The fourth-order valence-corrected chi connectivity index (χ4v) is 3.30. The van der Waals surface area contributed by atoms with Gasteiger partial charge in [0.25, 0.3) is 0 Å². The molecule has 1 saturated heterocycles. The minimum atomic E-state index is 0.204. The summed E-state index contributed by atoms with van der Waals surface area (Å²) in [6.07, 6.45) is 8.21. The summed E-state index contributed by atoms with van der Waals surface area (Å²) in [5.74, 6) is 1.09. The molecule has 19 heavy (non-hydrogen) atoms. The number of piperidine rings is 1. The lowest BCUT2D eigenvalue weighted by molar-refractivity contribution is -0.123. The van der Waals surface area contributed by atoms with Crippen molar-refractivity contribution >= 4 is 5.91 Å². The van der Waals surface area contributed by atoms with Crippen LogP contribution in [0, 0.1) is 5.92 Å². The van der Waals surface area contributed by atoms with Crippen LogP contribution >= 0.6 is 0 Å². The lowest BCUT2D eigenvalue weighted by atomic mass is 9.84. The summed E-state index contributed by atoms with van der Waals surface area (Å²) in [6.45, 7) is 4.76. The van der Waals surface area contributed by atoms with E-state index in [4.69, 9.17) is 5.73 Å². The molecule has 2 aliphatic rings. The second kappa shape index (κ2) is 7.25. The van der Waals surface area contributed by atoms with Gasteiger partial charge in [0.1, 0.15) is 0 Å². The van der Waals surface area contributed by atoms with E-state index < -0.39 is 0 Å². The van der Waals surface area contributed by atoms with Crippen molar-refractivity contribution in [1.29, 1.82) is 0 Å². The Bertz CT molecular complexity index is 279. The number of likely N-dealkylation sites (tertiary alicyclic amines) is 1. The summed E-state index contributed by atoms with van der Waals surface area (Å²) in [4.78, 5) is 14.3. The highest BCUT2D eigenvalue weighted by molar-refractivity contribution is 5.78. The Balaban J connectivity index is 1.64. The van der Waals surface area contributed by atoms with E-state index in [9.17, 15) is 4.79 Å². The first-order valence-electron chi connectivity index (χ1n) is 7.94. The molecule has 0 aromatic heterocycles. The number of carbonyl (C=O) groups excluding carboxylic acids is 1. The van der Waals surface area contributed by atoms with Gasteiger partial charge in [0.05, 0.1) is 6.54 Å². The van der Waals surface area contributed by atoms with Gasteiger partial charge in [0, 0.05) is 25.2 Å². The van der Waals surface area contributed by atoms with Crippen molar-refractivity contribution in [2.24, 2.45) is 11.7 Å². The molecule has 3 N–H and O–H groups in total. The molecule has 0 aromatic carbocycles. The van der Waals surface area contributed by atoms with Crippen molar-refractivity contribution in [3.63, 3.8) is 0 Å². The molecule has 2 fully saturated rings. The lowest BCUT2D eigenvalue weighted by Gasteiger charge is -2.31. The molecule has 0 radical (unpaired) electrons. The molecule has 110 valence electrons. The Morgan fingerprint density at radius 2 is 1.79 bits per heavy atom. The number of nitrogens with zero attached hydrogens (tertiary/aromatic N) is 1. The van der Waals surface area contributed by atoms with E-state index in [1.165, 1.54) is 19.3 Å². The van der Waals surface area contributed by atoms with Gasteiger partial charge < -0.3 is 11.1 Å². The first-order valence-corrected chi connectivity index (χ1v) is 7.94. The zero-order chi connectivity index (χ0) is 13.7. The third kappa shape index (κ3) is 4.77. The monoisotopic (exact) mass is 267 g/mol. The van der Waals surface area contributed by atoms with Crippen LogP contribution in [0.2, 0.25) is 0 Å². The van der Waals surface area contributed by atoms with Crippen LogP contribution < -0.4 is 11.1 Å². The average Bonchev–Trinajstić information content (AvgIpc) is 2.42. The molecule has 1 amide bonds. The summed E-state index contributed by atoms with van der Waals surface area (Å²) in [6, 6.07) is 0.756. The number of carbonyl (C=O) groups is 1.